The number of nitrogens with zero attached hydrogens (tertiary/aromatic N) is 1. The molecule has 1 N–H and O–H groups in total. The Hall–Kier alpha value is -1.84. The zero-order valence-corrected chi connectivity index (χ0v) is 13.6. The molecule has 0 aromatic heterocycles. The molecule has 2 amide bonds. The fourth-order valence-corrected chi connectivity index (χ4v) is 3.59. The number of hydrogen-bond donors (Lipinski definition) is 1. The molecule has 4 nitrogen and oxygen atoms in total. The minimum atomic E-state index is -0.561. The van der Waals surface area contributed by atoms with E-state index in [0.717, 1.165) is 29.7 Å². The highest BCUT2D eigenvalue weighted by atomic mass is 16.2. The number of fused-ring (bicyclic) bond motifs is 1. The van der Waals surface area contributed by atoms with Crippen LogP contribution < -0.4 is 10.2 Å². The van der Waals surface area contributed by atoms with Crippen LogP contribution in [0.2, 0.25) is 0 Å². The van der Waals surface area contributed by atoms with Crippen LogP contribution in [-0.4, -0.2) is 24.4 Å². The van der Waals surface area contributed by atoms with E-state index in [1.807, 2.05) is 32.9 Å². The van der Waals surface area contributed by atoms with Crippen molar-refractivity contribution in [1.29, 1.82) is 0 Å². The summed E-state index contributed by atoms with van der Waals surface area (Å²) >= 11 is 0. The zero-order chi connectivity index (χ0) is 15.9. The van der Waals surface area contributed by atoms with Gasteiger partial charge in [0, 0.05) is 11.7 Å². The van der Waals surface area contributed by atoms with E-state index in [1.54, 1.807) is 4.90 Å². The highest BCUT2D eigenvalue weighted by molar-refractivity contribution is 6.10. The predicted octanol–water partition coefficient (Wildman–Crippen LogP) is 2.68. The van der Waals surface area contributed by atoms with Gasteiger partial charge < -0.3 is 10.2 Å². The molecule has 1 aliphatic carbocycles. The Kier molecular flexibility index (Phi) is 3.71. The van der Waals surface area contributed by atoms with Gasteiger partial charge in [-0.1, -0.05) is 30.5 Å². The Labute approximate surface area is 131 Å². The lowest BCUT2D eigenvalue weighted by molar-refractivity contribution is -0.125. The van der Waals surface area contributed by atoms with Gasteiger partial charge in [-0.05, 0) is 45.2 Å². The largest absolute Gasteiger partial charge is 0.352 e. The van der Waals surface area contributed by atoms with Crippen molar-refractivity contribution in [2.24, 2.45) is 0 Å². The Morgan fingerprint density at radius 2 is 2.00 bits per heavy atom. The van der Waals surface area contributed by atoms with Crippen LogP contribution in [0.4, 0.5) is 5.69 Å². The maximum Gasteiger partial charge on any atom is 0.240 e. The molecule has 1 aromatic carbocycles. The van der Waals surface area contributed by atoms with Crippen molar-refractivity contribution in [3.05, 3.63) is 29.3 Å². The molecule has 1 aliphatic heterocycles. The molecule has 0 radical (unpaired) electrons. The van der Waals surface area contributed by atoms with Crippen LogP contribution in [-0.2, 0) is 15.0 Å². The summed E-state index contributed by atoms with van der Waals surface area (Å²) in [5.74, 6) is -0.0425. The van der Waals surface area contributed by atoms with Crippen molar-refractivity contribution in [2.45, 2.75) is 57.9 Å². The molecule has 0 spiro atoms. The first kappa shape index (κ1) is 15.1. The van der Waals surface area contributed by atoms with E-state index in [2.05, 4.69) is 11.4 Å². The van der Waals surface area contributed by atoms with Crippen LogP contribution in [0.1, 0.15) is 50.7 Å². The lowest BCUT2D eigenvalue weighted by atomic mass is 9.85. The standard InChI is InChI=1S/C18H24N2O2/c1-12-8-9-15-14(10-12)18(2,3)17(22)20(15)11-16(21)19-13-6-4-5-7-13/h8-10,13H,4-7,11H2,1-3H3,(H,19,21). The van der Waals surface area contributed by atoms with Gasteiger partial charge in [-0.25, -0.2) is 0 Å². The van der Waals surface area contributed by atoms with E-state index in [-0.39, 0.29) is 24.4 Å². The summed E-state index contributed by atoms with van der Waals surface area (Å²) in [5, 5.41) is 3.06. The molecule has 22 heavy (non-hydrogen) atoms. The fourth-order valence-electron chi connectivity index (χ4n) is 3.59. The van der Waals surface area contributed by atoms with E-state index in [1.165, 1.54) is 12.8 Å². The molecule has 2 aliphatic rings. The fraction of sp³-hybridized carbons (Fsp3) is 0.556. The SMILES string of the molecule is Cc1ccc2c(c1)C(C)(C)C(=O)N2CC(=O)NC1CCCC1. The first-order valence-electron chi connectivity index (χ1n) is 8.12. The monoisotopic (exact) mass is 300 g/mol. The van der Waals surface area contributed by atoms with Crippen LogP contribution in [0.25, 0.3) is 0 Å². The molecule has 0 saturated heterocycles. The summed E-state index contributed by atoms with van der Waals surface area (Å²) in [6, 6.07) is 6.30. The summed E-state index contributed by atoms with van der Waals surface area (Å²) in [6.45, 7) is 6.01. The van der Waals surface area contributed by atoms with Crippen molar-refractivity contribution >= 4 is 17.5 Å². The maximum atomic E-state index is 12.7. The molecule has 1 fully saturated rings. The highest BCUT2D eigenvalue weighted by Crippen LogP contribution is 2.41. The molecule has 0 unspecified atom stereocenters. The Morgan fingerprint density at radius 1 is 1.32 bits per heavy atom. The smallest absolute Gasteiger partial charge is 0.240 e. The average molecular weight is 300 g/mol. The normalized spacial score (nSPS) is 20.3. The lowest BCUT2D eigenvalue weighted by Crippen LogP contribution is -2.44. The van der Waals surface area contributed by atoms with Crippen molar-refractivity contribution in [1.82, 2.24) is 5.32 Å². The number of aryl methyl sites for hydroxylation is 1. The average Bonchev–Trinajstić information content (AvgIpc) is 3.02. The zero-order valence-electron chi connectivity index (χ0n) is 13.6. The quantitative estimate of drug-likeness (QED) is 0.933. The molecular weight excluding hydrogens is 276 g/mol. The van der Waals surface area contributed by atoms with Crippen molar-refractivity contribution in [3.63, 3.8) is 0 Å². The van der Waals surface area contributed by atoms with Crippen LogP contribution >= 0.6 is 0 Å². The van der Waals surface area contributed by atoms with E-state index in [0.29, 0.717) is 0 Å². The van der Waals surface area contributed by atoms with Gasteiger partial charge in [0.25, 0.3) is 0 Å². The number of nitrogens with one attached hydrogen (secondary N) is 1. The number of carbonyl (C=O) groups excluding carboxylic acids is 2. The van der Waals surface area contributed by atoms with Crippen molar-refractivity contribution < 1.29 is 9.59 Å². The lowest BCUT2D eigenvalue weighted by Gasteiger charge is -2.21. The Morgan fingerprint density at radius 3 is 2.68 bits per heavy atom. The number of anilines is 1. The second-order valence-electron chi connectivity index (χ2n) is 7.09. The number of hydrogen-bond acceptors (Lipinski definition) is 2. The molecule has 3 rings (SSSR count). The third-order valence-corrected chi connectivity index (χ3v) is 4.92. The first-order valence-corrected chi connectivity index (χ1v) is 8.12. The highest BCUT2D eigenvalue weighted by Gasteiger charge is 2.44. The summed E-state index contributed by atoms with van der Waals surface area (Å²) in [7, 11) is 0. The second kappa shape index (κ2) is 5.41. The number of carbonyl (C=O) groups is 2. The van der Waals surface area contributed by atoms with E-state index >= 15 is 0 Å². The van der Waals surface area contributed by atoms with Gasteiger partial charge in [0.1, 0.15) is 6.54 Å². The van der Waals surface area contributed by atoms with Gasteiger partial charge in [-0.3, -0.25) is 9.59 Å². The van der Waals surface area contributed by atoms with Crippen molar-refractivity contribution in [3.8, 4) is 0 Å². The minimum absolute atomic E-state index is 0.00896. The van der Waals surface area contributed by atoms with Gasteiger partial charge in [-0.2, -0.15) is 0 Å². The summed E-state index contributed by atoms with van der Waals surface area (Å²) in [4.78, 5) is 26.6. The predicted molar refractivity (Wildman–Crippen MR) is 87.0 cm³/mol. The van der Waals surface area contributed by atoms with Gasteiger partial charge in [0.2, 0.25) is 11.8 Å². The molecule has 1 heterocycles. The third kappa shape index (κ3) is 2.51. The molecular formula is C18H24N2O2. The third-order valence-electron chi connectivity index (χ3n) is 4.92. The molecule has 1 aromatic rings. The van der Waals surface area contributed by atoms with Crippen LogP contribution in [0.15, 0.2) is 18.2 Å². The molecule has 0 atom stereocenters. The Bertz CT molecular complexity index is 616. The Balaban J connectivity index is 1.79. The molecule has 0 bridgehead atoms. The maximum absolute atomic E-state index is 12.7. The summed E-state index contributed by atoms with van der Waals surface area (Å²) < 4.78 is 0. The van der Waals surface area contributed by atoms with Crippen molar-refractivity contribution in [2.75, 3.05) is 11.4 Å². The van der Waals surface area contributed by atoms with Crippen LogP contribution in [0.5, 0.6) is 0 Å². The van der Waals surface area contributed by atoms with Crippen LogP contribution in [0, 0.1) is 6.92 Å². The number of benzene rings is 1. The van der Waals surface area contributed by atoms with Gasteiger partial charge in [0.05, 0.1) is 5.41 Å². The van der Waals surface area contributed by atoms with E-state index in [9.17, 15) is 9.59 Å². The van der Waals surface area contributed by atoms with Gasteiger partial charge in [0.15, 0.2) is 0 Å². The molecule has 1 saturated carbocycles. The first-order chi connectivity index (χ1) is 10.4. The molecule has 4 heteroatoms. The second-order valence-corrected chi connectivity index (χ2v) is 7.09. The summed E-state index contributed by atoms with van der Waals surface area (Å²) in [5.41, 5.74) is 2.47. The number of amides is 2. The topological polar surface area (TPSA) is 49.4 Å². The van der Waals surface area contributed by atoms with Gasteiger partial charge >= 0.3 is 0 Å². The van der Waals surface area contributed by atoms with E-state index in [4.69, 9.17) is 0 Å². The number of rotatable bonds is 3. The van der Waals surface area contributed by atoms with E-state index < -0.39 is 5.41 Å². The molecule has 118 valence electrons. The van der Waals surface area contributed by atoms with Crippen LogP contribution in [0.3, 0.4) is 0 Å². The minimum Gasteiger partial charge on any atom is -0.352 e. The van der Waals surface area contributed by atoms with Gasteiger partial charge in [-0.15, -0.1) is 0 Å². The summed E-state index contributed by atoms with van der Waals surface area (Å²) in [6.07, 6.45) is 4.48.